The van der Waals surface area contributed by atoms with E-state index in [1.807, 2.05) is 159 Å². The summed E-state index contributed by atoms with van der Waals surface area (Å²) in [6.45, 7) is 76.7. The number of esters is 13. The number of ether oxygens (including phenoxy) is 14. The topological polar surface area (TPSA) is 647 Å². The number of phosphoric acid groups is 4. The Hall–Kier alpha value is -8.06. The smallest absolute Gasteiger partial charge is 0.463 e. The molecule has 1 unspecified atom stereocenters. The first-order valence-corrected chi connectivity index (χ1v) is 53.7. The predicted molar refractivity (Wildman–Crippen MR) is 545 cm³/mol. The molecular weight excluding hydrogens is 2010 g/mol. The Bertz CT molecular complexity index is 3630. The minimum absolute atomic E-state index is 0.0667. The minimum atomic E-state index is -4.46. The van der Waals surface area contributed by atoms with Gasteiger partial charge in [-0.25, -0.2) is 37.4 Å². The number of nitrogens with one attached hydrogen (secondary N) is 1. The molecule has 0 spiro atoms. The lowest BCUT2D eigenvalue weighted by Crippen LogP contribution is -2.34. The molecule has 0 radical (unpaired) electrons. The maximum atomic E-state index is 11.5. The standard InChI is InChI=1S/4C12H20O4.C9H18O3.C8H17NO.4C8H17O6P/c4*1-6-12(4,5)11(14)16-8-7-15-10(13)9(2)3;1-5-9(2,3)8(10)12-7-6-11-4;1-5-7(4)8(10)9-6(2)3;4*1-4-8(2,3)7(9)13-5-6-14-15(10,11)12/h4*2,6-8H2,1,3-5H3;5-7H2,1-4H3;6-7H,5H2,1-4H3,(H,9,10);4*4-6H2,1-3H3,(H2,10,11,12). The van der Waals surface area contributed by atoms with Crippen molar-refractivity contribution in [2.45, 2.75) is 313 Å². The Morgan fingerprint density at radius 2 is 0.363 bits per heavy atom. The van der Waals surface area contributed by atoms with Crippen LogP contribution in [0.4, 0.5) is 0 Å². The van der Waals surface area contributed by atoms with E-state index in [1.54, 1.807) is 90.2 Å². The van der Waals surface area contributed by atoms with Gasteiger partial charge in [-0.1, -0.05) is 102 Å². The van der Waals surface area contributed by atoms with E-state index < -0.39 is 122 Å². The fourth-order valence-electron chi connectivity index (χ4n) is 6.62. The summed E-state index contributed by atoms with van der Waals surface area (Å²) in [5.74, 6) is -4.42. The van der Waals surface area contributed by atoms with Crippen LogP contribution in [0.25, 0.3) is 0 Å². The second kappa shape index (κ2) is 80.8. The van der Waals surface area contributed by atoms with E-state index in [9.17, 15) is 85.4 Å². The maximum Gasteiger partial charge on any atom is 0.469 e. The molecule has 45 nitrogen and oxygen atoms in total. The quantitative estimate of drug-likeness (QED) is 0.00898. The third kappa shape index (κ3) is 92.1. The highest BCUT2D eigenvalue weighted by Gasteiger charge is 2.35. The van der Waals surface area contributed by atoms with Crippen molar-refractivity contribution >= 4 is 115 Å². The van der Waals surface area contributed by atoms with Crippen LogP contribution in [0.15, 0.2) is 48.6 Å². The monoisotopic (exact) mass is 2190 g/mol. The number of rotatable bonds is 56. The molecule has 860 valence electrons. The van der Waals surface area contributed by atoms with Gasteiger partial charge in [-0.3, -0.25) is 66.0 Å². The molecular formula is C97H183NO44P4. The average Bonchev–Trinajstić information content (AvgIpc) is 0.922. The summed E-state index contributed by atoms with van der Waals surface area (Å²) in [6, 6.07) is 0.265. The lowest BCUT2D eigenvalue weighted by Gasteiger charge is -2.20. The third-order valence-corrected chi connectivity index (χ3v) is 22.9. The molecule has 146 heavy (non-hydrogen) atoms. The first-order valence-electron chi connectivity index (χ1n) is 47.6. The molecule has 0 aliphatic rings. The first kappa shape index (κ1) is 158. The number of carbonyl (C=O) groups is 14. The lowest BCUT2D eigenvalue weighted by molar-refractivity contribution is -0.158. The van der Waals surface area contributed by atoms with Gasteiger partial charge in [-0.15, -0.1) is 0 Å². The highest BCUT2D eigenvalue weighted by atomic mass is 31.2. The van der Waals surface area contributed by atoms with Gasteiger partial charge >= 0.3 is 109 Å². The van der Waals surface area contributed by atoms with Crippen LogP contribution in [-0.4, -0.2) is 255 Å². The lowest BCUT2D eigenvalue weighted by atomic mass is 9.91. The molecule has 0 rings (SSSR count). The van der Waals surface area contributed by atoms with E-state index in [1.165, 1.54) is 0 Å². The van der Waals surface area contributed by atoms with E-state index >= 15 is 0 Å². The van der Waals surface area contributed by atoms with Gasteiger partial charge in [0.05, 0.1) is 81.8 Å². The molecule has 1 amide bonds. The molecule has 0 aliphatic heterocycles. The summed E-state index contributed by atoms with van der Waals surface area (Å²) in [6.07, 6.45) is 7.05. The number of amides is 1. The summed E-state index contributed by atoms with van der Waals surface area (Å²) >= 11 is 0. The van der Waals surface area contributed by atoms with Crippen LogP contribution < -0.4 is 5.32 Å². The van der Waals surface area contributed by atoms with Crippen LogP contribution in [0.5, 0.6) is 0 Å². The number of hydrogen-bond acceptors (Lipinski definition) is 36. The van der Waals surface area contributed by atoms with E-state index in [0.29, 0.717) is 86.9 Å². The second-order valence-corrected chi connectivity index (χ2v) is 43.2. The highest BCUT2D eigenvalue weighted by Crippen LogP contribution is 2.38. The second-order valence-electron chi connectivity index (χ2n) is 38.3. The molecule has 49 heteroatoms. The summed E-state index contributed by atoms with van der Waals surface area (Å²) < 4.78 is 125. The van der Waals surface area contributed by atoms with E-state index in [2.05, 4.69) is 49.7 Å². The summed E-state index contributed by atoms with van der Waals surface area (Å²) in [5.41, 5.74) is -3.31. The molecule has 0 saturated carbocycles. The fraction of sp³-hybridized carbons (Fsp3) is 0.773. The molecule has 0 aromatic carbocycles. The molecule has 0 fully saturated rings. The summed E-state index contributed by atoms with van der Waals surface area (Å²) in [7, 11) is -16.3. The van der Waals surface area contributed by atoms with Crippen molar-refractivity contribution in [1.29, 1.82) is 0 Å². The summed E-state index contributed by atoms with van der Waals surface area (Å²) in [4.78, 5) is 224. The zero-order valence-corrected chi connectivity index (χ0v) is 97.4. The van der Waals surface area contributed by atoms with Crippen molar-refractivity contribution in [3.63, 3.8) is 0 Å². The van der Waals surface area contributed by atoms with Gasteiger partial charge in [0.1, 0.15) is 85.9 Å². The van der Waals surface area contributed by atoms with Gasteiger partial charge in [0.2, 0.25) is 5.91 Å². The van der Waals surface area contributed by atoms with Crippen molar-refractivity contribution in [2.75, 3.05) is 126 Å². The Morgan fingerprint density at radius 1 is 0.240 bits per heavy atom. The Kier molecular flexibility index (Phi) is 87.5. The van der Waals surface area contributed by atoms with Crippen LogP contribution in [0, 0.1) is 54.7 Å². The van der Waals surface area contributed by atoms with Crippen LogP contribution >= 0.6 is 31.3 Å². The highest BCUT2D eigenvalue weighted by molar-refractivity contribution is 7.47. The molecule has 9 N–H and O–H groups in total. The number of phosphoric ester groups is 4. The molecule has 1 atom stereocenters. The van der Waals surface area contributed by atoms with Gasteiger partial charge in [-0.2, -0.15) is 0 Å². The third-order valence-electron chi connectivity index (χ3n) is 20.8. The number of carbonyl (C=O) groups excluding carboxylic acids is 14. The molecule has 0 bridgehead atoms. The molecule has 0 aromatic heterocycles. The van der Waals surface area contributed by atoms with Crippen molar-refractivity contribution in [3.05, 3.63) is 48.6 Å². The summed E-state index contributed by atoms with van der Waals surface area (Å²) in [5, 5.41) is 2.85. The Labute approximate surface area is 866 Å². The number of hydrogen-bond donors (Lipinski definition) is 9. The van der Waals surface area contributed by atoms with Gasteiger partial charge in [0, 0.05) is 41.4 Å². The largest absolute Gasteiger partial charge is 0.469 e. The van der Waals surface area contributed by atoms with E-state index in [0.717, 1.165) is 12.8 Å². The van der Waals surface area contributed by atoms with Gasteiger partial charge < -0.3 is 111 Å². The Balaban J connectivity index is -0.000000176. The van der Waals surface area contributed by atoms with Crippen molar-refractivity contribution in [3.8, 4) is 0 Å². The van der Waals surface area contributed by atoms with E-state index in [4.69, 9.17) is 105 Å². The molecule has 0 heterocycles. The SMILES string of the molecule is C=C(C)C(=O)OCCOC(=O)C(C)(C)CC.C=C(C)C(=O)OCCOC(=O)C(C)(C)CC.C=C(C)C(=O)OCCOC(=O)C(C)(C)CC.C=C(C)C(=O)OCCOC(=O)C(C)(C)CC.CCC(C)(C)C(=O)OCCOC.CCC(C)(C)C(=O)OCCOP(=O)(O)O.CCC(C)(C)C(=O)OCCOP(=O)(O)O.CCC(C)(C)C(=O)OCCOP(=O)(O)O.CCC(C)(C)C(=O)OCCOP(=O)(O)O.CCC(C)C(=O)NC(C)C. The molecule has 0 aromatic rings. The molecule has 0 saturated heterocycles. The zero-order valence-electron chi connectivity index (χ0n) is 93.8. The normalized spacial score (nSPS) is 11.7. The van der Waals surface area contributed by atoms with Gasteiger partial charge in [0.15, 0.2) is 0 Å². The number of methoxy groups -OCH3 is 1. The van der Waals surface area contributed by atoms with Crippen molar-refractivity contribution in [2.24, 2.45) is 54.7 Å². The average molecular weight is 2190 g/mol. The minimum Gasteiger partial charge on any atom is -0.463 e. The van der Waals surface area contributed by atoms with Crippen LogP contribution in [0.2, 0.25) is 0 Å². The first-order chi connectivity index (χ1) is 66.1. The fourth-order valence-corrected chi connectivity index (χ4v) is 7.87. The Morgan fingerprint density at radius 3 is 0.466 bits per heavy atom. The van der Waals surface area contributed by atoms with Gasteiger partial charge in [-0.05, 0) is 230 Å². The van der Waals surface area contributed by atoms with Crippen LogP contribution in [-0.2, 0) is 170 Å². The zero-order chi connectivity index (χ0) is 117. The predicted octanol–water partition coefficient (Wildman–Crippen LogP) is 15.8. The molecule has 0 aliphatic carbocycles. The van der Waals surface area contributed by atoms with Crippen molar-refractivity contribution < 1.29 is 209 Å². The van der Waals surface area contributed by atoms with Crippen LogP contribution in [0.3, 0.4) is 0 Å². The van der Waals surface area contributed by atoms with Gasteiger partial charge in [0.25, 0.3) is 0 Å². The van der Waals surface area contributed by atoms with Crippen molar-refractivity contribution in [1.82, 2.24) is 5.32 Å². The van der Waals surface area contributed by atoms with Crippen LogP contribution in [0.1, 0.15) is 307 Å². The maximum absolute atomic E-state index is 11.5. The van der Waals surface area contributed by atoms with E-state index in [-0.39, 0.29) is 159 Å².